The van der Waals surface area contributed by atoms with Gasteiger partial charge in [0.2, 0.25) is 10.0 Å². The maximum Gasteiger partial charge on any atom is 0.243 e. The first-order chi connectivity index (χ1) is 9.75. The molecule has 0 spiro atoms. The van der Waals surface area contributed by atoms with Crippen LogP contribution in [0, 0.1) is 6.92 Å². The Morgan fingerprint density at radius 1 is 1.38 bits per heavy atom. The molecule has 0 saturated heterocycles. The minimum absolute atomic E-state index is 0.148. The maximum absolute atomic E-state index is 12.9. The van der Waals surface area contributed by atoms with Gasteiger partial charge in [-0.25, -0.2) is 8.42 Å². The minimum Gasteiger partial charge on any atom is -0.383 e. The van der Waals surface area contributed by atoms with E-state index in [4.69, 9.17) is 10.5 Å². The van der Waals surface area contributed by atoms with Crippen LogP contribution in [0.5, 0.6) is 0 Å². The first-order valence-electron chi connectivity index (χ1n) is 6.75. The Balaban J connectivity index is 3.37. The van der Waals surface area contributed by atoms with Crippen LogP contribution in [-0.4, -0.2) is 39.0 Å². The molecule has 5 nitrogen and oxygen atoms in total. The Morgan fingerprint density at radius 3 is 2.48 bits per heavy atom. The van der Waals surface area contributed by atoms with E-state index in [1.807, 2.05) is 19.9 Å². The lowest BCUT2D eigenvalue weighted by Gasteiger charge is -2.27. The average molecular weight is 379 g/mol. The van der Waals surface area contributed by atoms with Crippen molar-refractivity contribution < 1.29 is 13.2 Å². The van der Waals surface area contributed by atoms with E-state index in [9.17, 15) is 8.42 Å². The standard InChI is InChI=1S/C14H23BrN2O3S/c1-10(2)17(5-6-20-4)21(18,19)14-8-12(9-16)7-13(15)11(14)3/h7-8,10H,5-6,9,16H2,1-4H3. The molecular formula is C14H23BrN2O3S. The topological polar surface area (TPSA) is 72.6 Å². The summed E-state index contributed by atoms with van der Waals surface area (Å²) < 4.78 is 33.1. The molecule has 120 valence electrons. The Morgan fingerprint density at radius 2 is 2.00 bits per heavy atom. The quantitative estimate of drug-likeness (QED) is 0.789. The van der Waals surface area contributed by atoms with Crippen molar-refractivity contribution in [2.45, 2.75) is 38.3 Å². The van der Waals surface area contributed by atoms with Crippen molar-refractivity contribution in [1.82, 2.24) is 4.31 Å². The largest absolute Gasteiger partial charge is 0.383 e. The lowest BCUT2D eigenvalue weighted by atomic mass is 10.1. The Kier molecular flexibility index (Phi) is 6.80. The number of ether oxygens (including phenoxy) is 1. The van der Waals surface area contributed by atoms with Gasteiger partial charge in [-0.1, -0.05) is 15.9 Å². The van der Waals surface area contributed by atoms with Crippen LogP contribution in [-0.2, 0) is 21.3 Å². The van der Waals surface area contributed by atoms with Crippen molar-refractivity contribution in [3.63, 3.8) is 0 Å². The van der Waals surface area contributed by atoms with E-state index in [2.05, 4.69) is 15.9 Å². The molecule has 0 aliphatic rings. The normalized spacial score (nSPS) is 12.4. The van der Waals surface area contributed by atoms with Gasteiger partial charge in [0, 0.05) is 30.7 Å². The van der Waals surface area contributed by atoms with Crippen LogP contribution in [0.2, 0.25) is 0 Å². The third kappa shape index (κ3) is 4.26. The van der Waals surface area contributed by atoms with E-state index in [0.717, 1.165) is 10.0 Å². The number of benzene rings is 1. The van der Waals surface area contributed by atoms with Crippen molar-refractivity contribution in [1.29, 1.82) is 0 Å². The second kappa shape index (κ2) is 7.69. The van der Waals surface area contributed by atoms with Crippen LogP contribution < -0.4 is 5.73 Å². The maximum atomic E-state index is 12.9. The predicted molar refractivity (Wildman–Crippen MR) is 87.7 cm³/mol. The van der Waals surface area contributed by atoms with E-state index in [1.54, 1.807) is 20.1 Å². The summed E-state index contributed by atoms with van der Waals surface area (Å²) in [7, 11) is -2.03. The Hall–Kier alpha value is -0.470. The number of sulfonamides is 1. The van der Waals surface area contributed by atoms with Gasteiger partial charge in [0.25, 0.3) is 0 Å². The number of methoxy groups -OCH3 is 1. The molecule has 0 amide bonds. The first-order valence-corrected chi connectivity index (χ1v) is 8.98. The SMILES string of the molecule is COCCN(C(C)C)S(=O)(=O)c1cc(CN)cc(Br)c1C. The molecule has 7 heteroatoms. The van der Waals surface area contributed by atoms with Crippen LogP contribution >= 0.6 is 15.9 Å². The average Bonchev–Trinajstić information content (AvgIpc) is 2.41. The molecule has 1 aromatic rings. The second-order valence-electron chi connectivity index (χ2n) is 5.11. The van der Waals surface area contributed by atoms with Crippen molar-refractivity contribution in [2.75, 3.05) is 20.3 Å². The highest BCUT2D eigenvalue weighted by Crippen LogP contribution is 2.28. The highest BCUT2D eigenvalue weighted by Gasteiger charge is 2.29. The number of nitrogens with zero attached hydrogens (tertiary/aromatic N) is 1. The molecule has 0 unspecified atom stereocenters. The molecule has 0 radical (unpaired) electrons. The number of halogens is 1. The van der Waals surface area contributed by atoms with Gasteiger partial charge in [-0.2, -0.15) is 4.31 Å². The zero-order valence-corrected chi connectivity index (χ0v) is 15.3. The third-order valence-electron chi connectivity index (χ3n) is 3.27. The summed E-state index contributed by atoms with van der Waals surface area (Å²) in [5.41, 5.74) is 7.12. The van der Waals surface area contributed by atoms with Gasteiger partial charge in [-0.3, -0.25) is 0 Å². The van der Waals surface area contributed by atoms with E-state index < -0.39 is 10.0 Å². The summed E-state index contributed by atoms with van der Waals surface area (Å²) in [5, 5.41) is 0. The van der Waals surface area contributed by atoms with Gasteiger partial charge in [-0.05, 0) is 44.0 Å². The molecule has 0 saturated carbocycles. The van der Waals surface area contributed by atoms with Crippen molar-refractivity contribution >= 4 is 26.0 Å². The molecular weight excluding hydrogens is 356 g/mol. The summed E-state index contributed by atoms with van der Waals surface area (Å²) >= 11 is 3.41. The van der Waals surface area contributed by atoms with Crippen LogP contribution in [0.4, 0.5) is 0 Å². The molecule has 0 heterocycles. The molecule has 0 aromatic heterocycles. The van der Waals surface area contributed by atoms with Gasteiger partial charge < -0.3 is 10.5 Å². The monoisotopic (exact) mass is 378 g/mol. The fourth-order valence-electron chi connectivity index (χ4n) is 2.06. The summed E-state index contributed by atoms with van der Waals surface area (Å²) in [6.07, 6.45) is 0. The van der Waals surface area contributed by atoms with Crippen LogP contribution in [0.3, 0.4) is 0 Å². The molecule has 1 rings (SSSR count). The van der Waals surface area contributed by atoms with E-state index in [1.165, 1.54) is 4.31 Å². The van der Waals surface area contributed by atoms with E-state index >= 15 is 0 Å². The zero-order valence-electron chi connectivity index (χ0n) is 12.9. The lowest BCUT2D eigenvalue weighted by molar-refractivity contribution is 0.171. The number of rotatable bonds is 7. The van der Waals surface area contributed by atoms with Gasteiger partial charge in [0.1, 0.15) is 0 Å². The van der Waals surface area contributed by atoms with E-state index in [-0.39, 0.29) is 6.04 Å². The van der Waals surface area contributed by atoms with Crippen molar-refractivity contribution in [2.24, 2.45) is 5.73 Å². The van der Waals surface area contributed by atoms with Crippen LogP contribution in [0.25, 0.3) is 0 Å². The number of nitrogens with two attached hydrogens (primary N) is 1. The smallest absolute Gasteiger partial charge is 0.243 e. The molecule has 0 bridgehead atoms. The molecule has 0 aliphatic heterocycles. The molecule has 0 atom stereocenters. The van der Waals surface area contributed by atoms with Crippen molar-refractivity contribution in [3.05, 3.63) is 27.7 Å². The van der Waals surface area contributed by atoms with Gasteiger partial charge >= 0.3 is 0 Å². The van der Waals surface area contributed by atoms with E-state index in [0.29, 0.717) is 30.2 Å². The van der Waals surface area contributed by atoms with Crippen molar-refractivity contribution in [3.8, 4) is 0 Å². The summed E-state index contributed by atoms with van der Waals surface area (Å²) in [4.78, 5) is 0.294. The summed E-state index contributed by atoms with van der Waals surface area (Å²) in [6, 6.07) is 3.35. The molecule has 1 aromatic carbocycles. The van der Waals surface area contributed by atoms with Crippen LogP contribution in [0.15, 0.2) is 21.5 Å². The number of hydrogen-bond donors (Lipinski definition) is 1. The van der Waals surface area contributed by atoms with Gasteiger partial charge in [-0.15, -0.1) is 0 Å². The summed E-state index contributed by atoms with van der Waals surface area (Å²) in [5.74, 6) is 0. The highest BCUT2D eigenvalue weighted by atomic mass is 79.9. The van der Waals surface area contributed by atoms with Gasteiger partial charge in [0.15, 0.2) is 0 Å². The van der Waals surface area contributed by atoms with Gasteiger partial charge in [0.05, 0.1) is 11.5 Å². The zero-order chi connectivity index (χ0) is 16.2. The third-order valence-corrected chi connectivity index (χ3v) is 6.30. The fraction of sp³-hybridized carbons (Fsp3) is 0.571. The second-order valence-corrected chi connectivity index (χ2v) is 7.82. The molecule has 21 heavy (non-hydrogen) atoms. The Labute approximate surface area is 135 Å². The fourth-order valence-corrected chi connectivity index (χ4v) is 4.61. The highest BCUT2D eigenvalue weighted by molar-refractivity contribution is 9.10. The molecule has 0 fully saturated rings. The lowest BCUT2D eigenvalue weighted by Crippen LogP contribution is -2.39. The minimum atomic E-state index is -3.59. The van der Waals surface area contributed by atoms with Crippen LogP contribution in [0.1, 0.15) is 25.0 Å². The number of hydrogen-bond acceptors (Lipinski definition) is 4. The molecule has 0 aliphatic carbocycles. The predicted octanol–water partition coefficient (Wildman–Crippen LogP) is 2.26. The molecule has 2 N–H and O–H groups in total. The first kappa shape index (κ1) is 18.6. The Bertz CT molecular complexity index is 588. The summed E-state index contributed by atoms with van der Waals surface area (Å²) in [6.45, 7) is 6.45.